The van der Waals surface area contributed by atoms with Gasteiger partial charge in [-0.3, -0.25) is 30.3 Å². The summed E-state index contributed by atoms with van der Waals surface area (Å²) in [6.45, 7) is 0. The van der Waals surface area contributed by atoms with Gasteiger partial charge in [0.25, 0.3) is 11.6 Å². The number of non-ortho nitro benzene ring substituents is 1. The quantitative estimate of drug-likeness (QED) is 0.449. The van der Waals surface area contributed by atoms with E-state index in [9.17, 15) is 29.4 Å². The molecular weight excluding hydrogens is 383 g/mol. The average Bonchev–Trinajstić information content (AvgIpc) is 2.62. The SMILES string of the molecule is COc1ccc(C(=O)NC(=S)Nc2cc([N+](=O)[O-])ccc2F)cc1[N+](=O)[O-]. The molecule has 0 spiro atoms. The Morgan fingerprint density at radius 2 is 1.85 bits per heavy atom. The minimum absolute atomic E-state index is 0.0316. The number of carbonyl (C=O) groups is 1. The maximum atomic E-state index is 13.7. The molecule has 0 aliphatic carbocycles. The zero-order valence-corrected chi connectivity index (χ0v) is 14.4. The third kappa shape index (κ3) is 4.70. The summed E-state index contributed by atoms with van der Waals surface area (Å²) in [5.41, 5.74) is -1.20. The molecule has 140 valence electrons. The van der Waals surface area contributed by atoms with Gasteiger partial charge in [-0.05, 0) is 30.4 Å². The lowest BCUT2D eigenvalue weighted by atomic mass is 10.1. The summed E-state index contributed by atoms with van der Waals surface area (Å²) < 4.78 is 18.6. The van der Waals surface area contributed by atoms with E-state index in [0.29, 0.717) is 0 Å². The lowest BCUT2D eigenvalue weighted by molar-refractivity contribution is -0.385. The zero-order valence-electron chi connectivity index (χ0n) is 13.6. The highest BCUT2D eigenvalue weighted by molar-refractivity contribution is 7.80. The van der Waals surface area contributed by atoms with Crippen LogP contribution in [0.25, 0.3) is 0 Å². The number of nitro benzene ring substituents is 2. The summed E-state index contributed by atoms with van der Waals surface area (Å²) >= 11 is 4.88. The normalized spacial score (nSPS) is 10.0. The van der Waals surface area contributed by atoms with E-state index in [0.717, 1.165) is 24.3 Å². The van der Waals surface area contributed by atoms with Gasteiger partial charge in [0.15, 0.2) is 10.9 Å². The number of ether oxygens (including phenoxy) is 1. The van der Waals surface area contributed by atoms with Crippen LogP contribution in [0.5, 0.6) is 5.75 Å². The number of nitro groups is 2. The van der Waals surface area contributed by atoms with E-state index in [-0.39, 0.29) is 27.8 Å². The first-order valence-electron chi connectivity index (χ1n) is 7.11. The summed E-state index contributed by atoms with van der Waals surface area (Å²) in [6.07, 6.45) is 0. The van der Waals surface area contributed by atoms with Crippen LogP contribution < -0.4 is 15.4 Å². The summed E-state index contributed by atoms with van der Waals surface area (Å²) in [5.74, 6) is -1.66. The number of carbonyl (C=O) groups excluding carboxylic acids is 1. The largest absolute Gasteiger partial charge is 0.490 e. The Bertz CT molecular complexity index is 952. The summed E-state index contributed by atoms with van der Waals surface area (Å²) in [7, 11) is 1.24. The fraction of sp³-hybridized carbons (Fsp3) is 0.0667. The van der Waals surface area contributed by atoms with Crippen molar-refractivity contribution in [2.75, 3.05) is 12.4 Å². The predicted molar refractivity (Wildman–Crippen MR) is 96.4 cm³/mol. The Hall–Kier alpha value is -3.67. The van der Waals surface area contributed by atoms with Gasteiger partial charge in [0.2, 0.25) is 0 Å². The first-order valence-corrected chi connectivity index (χ1v) is 7.52. The molecule has 1 amide bonds. The number of hydrogen-bond donors (Lipinski definition) is 2. The van der Waals surface area contributed by atoms with Gasteiger partial charge in [0.1, 0.15) is 5.82 Å². The smallest absolute Gasteiger partial charge is 0.311 e. The van der Waals surface area contributed by atoms with Crippen LogP contribution in [-0.2, 0) is 0 Å². The van der Waals surface area contributed by atoms with Crippen molar-refractivity contribution in [1.82, 2.24) is 5.32 Å². The zero-order chi connectivity index (χ0) is 20.1. The molecule has 27 heavy (non-hydrogen) atoms. The third-order valence-electron chi connectivity index (χ3n) is 3.27. The van der Waals surface area contributed by atoms with Crippen LogP contribution in [-0.4, -0.2) is 28.0 Å². The molecule has 0 fully saturated rings. The summed E-state index contributed by atoms with van der Waals surface area (Å²) in [4.78, 5) is 32.5. The number of methoxy groups -OCH3 is 1. The van der Waals surface area contributed by atoms with Crippen molar-refractivity contribution in [2.45, 2.75) is 0 Å². The van der Waals surface area contributed by atoms with Crippen LogP contribution in [0.1, 0.15) is 10.4 Å². The fourth-order valence-electron chi connectivity index (χ4n) is 2.03. The molecule has 0 heterocycles. The van der Waals surface area contributed by atoms with Gasteiger partial charge < -0.3 is 10.1 Å². The lowest BCUT2D eigenvalue weighted by Gasteiger charge is -2.10. The fourth-order valence-corrected chi connectivity index (χ4v) is 2.23. The van der Waals surface area contributed by atoms with E-state index < -0.39 is 27.3 Å². The van der Waals surface area contributed by atoms with Crippen LogP contribution >= 0.6 is 12.2 Å². The van der Waals surface area contributed by atoms with Gasteiger partial charge in [-0.2, -0.15) is 0 Å². The Balaban J connectivity index is 2.16. The van der Waals surface area contributed by atoms with E-state index in [4.69, 9.17) is 17.0 Å². The maximum Gasteiger partial charge on any atom is 0.311 e. The Labute approximate surface area is 156 Å². The number of amides is 1. The molecule has 2 aromatic rings. The topological polar surface area (TPSA) is 137 Å². The van der Waals surface area contributed by atoms with E-state index >= 15 is 0 Å². The van der Waals surface area contributed by atoms with E-state index in [1.807, 2.05) is 0 Å². The molecule has 0 saturated carbocycles. The Morgan fingerprint density at radius 1 is 1.15 bits per heavy atom. The van der Waals surface area contributed by atoms with Crippen LogP contribution in [0.2, 0.25) is 0 Å². The molecule has 2 N–H and O–H groups in total. The van der Waals surface area contributed by atoms with Gasteiger partial charge in [0.05, 0.1) is 22.6 Å². The number of halogens is 1. The minimum atomic E-state index is -0.822. The first kappa shape index (κ1) is 19.7. The number of nitrogens with zero attached hydrogens (tertiary/aromatic N) is 2. The molecule has 2 rings (SSSR count). The molecule has 10 nitrogen and oxygen atoms in total. The van der Waals surface area contributed by atoms with Crippen molar-refractivity contribution in [3.8, 4) is 5.75 Å². The molecule has 0 aromatic heterocycles. The highest BCUT2D eigenvalue weighted by Gasteiger charge is 2.19. The van der Waals surface area contributed by atoms with Crippen molar-refractivity contribution in [1.29, 1.82) is 0 Å². The van der Waals surface area contributed by atoms with Gasteiger partial charge in [-0.25, -0.2) is 4.39 Å². The van der Waals surface area contributed by atoms with Crippen molar-refractivity contribution in [2.24, 2.45) is 0 Å². The summed E-state index contributed by atoms with van der Waals surface area (Å²) in [5, 5.41) is 25.9. The Kier molecular flexibility index (Phi) is 5.92. The van der Waals surface area contributed by atoms with E-state index in [1.54, 1.807) is 0 Å². The molecule has 0 atom stereocenters. The second-order valence-electron chi connectivity index (χ2n) is 4.97. The second-order valence-corrected chi connectivity index (χ2v) is 5.38. The standard InChI is InChI=1S/C15H11FN4O6S/c1-26-13-5-2-8(6-12(13)20(24)25)14(21)18-15(27)17-11-7-9(19(22)23)3-4-10(11)16/h2-7H,1H3,(H2,17,18,21,27). The van der Waals surface area contributed by atoms with Gasteiger partial charge in [-0.1, -0.05) is 0 Å². The third-order valence-corrected chi connectivity index (χ3v) is 3.48. The second kappa shape index (κ2) is 8.14. The number of benzene rings is 2. The lowest BCUT2D eigenvalue weighted by Crippen LogP contribution is -2.34. The highest BCUT2D eigenvalue weighted by Crippen LogP contribution is 2.27. The maximum absolute atomic E-state index is 13.7. The van der Waals surface area contributed by atoms with Crippen LogP contribution in [0.15, 0.2) is 36.4 Å². The minimum Gasteiger partial charge on any atom is -0.490 e. The first-order chi connectivity index (χ1) is 12.7. The van der Waals surface area contributed by atoms with Gasteiger partial charge in [-0.15, -0.1) is 0 Å². The number of thiocarbonyl (C=S) groups is 1. The molecular formula is C15H11FN4O6S. The van der Waals surface area contributed by atoms with Gasteiger partial charge >= 0.3 is 5.69 Å². The van der Waals surface area contributed by atoms with Crippen molar-refractivity contribution >= 4 is 40.3 Å². The number of anilines is 1. The number of rotatable bonds is 5. The molecule has 0 aliphatic rings. The molecule has 2 aromatic carbocycles. The van der Waals surface area contributed by atoms with Gasteiger partial charge in [0, 0.05) is 23.8 Å². The van der Waals surface area contributed by atoms with Crippen molar-refractivity contribution in [3.05, 3.63) is 68.0 Å². The molecule has 12 heteroatoms. The number of hydrogen-bond acceptors (Lipinski definition) is 7. The molecule has 0 aliphatic heterocycles. The Morgan fingerprint density at radius 3 is 2.44 bits per heavy atom. The van der Waals surface area contributed by atoms with Crippen LogP contribution in [0, 0.1) is 26.0 Å². The van der Waals surface area contributed by atoms with E-state index in [1.165, 1.54) is 19.2 Å². The van der Waals surface area contributed by atoms with Crippen molar-refractivity contribution < 1.29 is 23.8 Å². The summed E-state index contributed by atoms with van der Waals surface area (Å²) in [6, 6.07) is 6.26. The monoisotopic (exact) mass is 394 g/mol. The molecule has 0 bridgehead atoms. The average molecular weight is 394 g/mol. The van der Waals surface area contributed by atoms with Crippen LogP contribution in [0.3, 0.4) is 0 Å². The van der Waals surface area contributed by atoms with Crippen molar-refractivity contribution in [3.63, 3.8) is 0 Å². The predicted octanol–water partition coefficient (Wildman–Crippen LogP) is 2.78. The van der Waals surface area contributed by atoms with Crippen LogP contribution in [0.4, 0.5) is 21.5 Å². The van der Waals surface area contributed by atoms with E-state index in [2.05, 4.69) is 10.6 Å². The highest BCUT2D eigenvalue weighted by atomic mass is 32.1. The molecule has 0 radical (unpaired) electrons. The molecule has 0 saturated heterocycles. The molecule has 0 unspecified atom stereocenters. The number of nitrogens with one attached hydrogen (secondary N) is 2.